The van der Waals surface area contributed by atoms with Gasteiger partial charge in [-0.2, -0.15) is 0 Å². The van der Waals surface area contributed by atoms with Crippen LogP contribution in [0.15, 0.2) is 12.2 Å². The topological polar surface area (TPSA) is 191 Å². The molecule has 0 radical (unpaired) electrons. The summed E-state index contributed by atoms with van der Waals surface area (Å²) < 4.78 is 41.4. The maximum Gasteiger partial charge on any atom is 0.312 e. The molecule has 15 heteroatoms. The Morgan fingerprint density at radius 1 is 0.936 bits per heavy atom. The zero-order valence-corrected chi connectivity index (χ0v) is 28.5. The van der Waals surface area contributed by atoms with E-state index in [1.807, 2.05) is 0 Å². The van der Waals surface area contributed by atoms with E-state index in [1.54, 1.807) is 13.8 Å². The average molecular weight is 687 g/mol. The summed E-state index contributed by atoms with van der Waals surface area (Å²) in [6, 6.07) is 0. The van der Waals surface area contributed by atoms with Crippen LogP contribution in [0.1, 0.15) is 74.7 Å². The van der Waals surface area contributed by atoms with Crippen molar-refractivity contribution >= 4 is 47.4 Å². The van der Waals surface area contributed by atoms with Crippen LogP contribution in [-0.2, 0) is 61.9 Å². The molecule has 0 aromatic rings. The van der Waals surface area contributed by atoms with Crippen LogP contribution < -0.4 is 0 Å². The van der Waals surface area contributed by atoms with Crippen molar-refractivity contribution in [2.24, 2.45) is 17.3 Å². The van der Waals surface area contributed by atoms with Crippen LogP contribution in [0, 0.1) is 17.3 Å². The molecule has 0 bridgehead atoms. The Balaban J connectivity index is 2.16. The summed E-state index contributed by atoms with van der Waals surface area (Å²) in [7, 11) is 0. The highest BCUT2D eigenvalue weighted by molar-refractivity contribution is 6.23. The highest BCUT2D eigenvalue weighted by Crippen LogP contribution is 2.62. The molecular formula is C32H43ClO14. The Bertz CT molecular complexity index is 1350. The second-order valence-electron chi connectivity index (χ2n) is 13.2. The minimum atomic E-state index is -2.47. The summed E-state index contributed by atoms with van der Waals surface area (Å²) in [6.07, 6.45) is -9.24. The fraction of sp³-hybridized carbons (Fsp3) is 0.750. The fourth-order valence-electron chi connectivity index (χ4n) is 7.89. The van der Waals surface area contributed by atoms with Crippen LogP contribution in [0.4, 0.5) is 0 Å². The third-order valence-electron chi connectivity index (χ3n) is 9.96. The van der Waals surface area contributed by atoms with Gasteiger partial charge >= 0.3 is 35.8 Å². The maximum absolute atomic E-state index is 13.3. The molecule has 0 aromatic heterocycles. The number of ether oxygens (including phenoxy) is 7. The number of carbonyl (C=O) groups is 6. The Morgan fingerprint density at radius 2 is 1.51 bits per heavy atom. The first-order valence-electron chi connectivity index (χ1n) is 15.6. The number of hydrogen-bond donors (Lipinski definition) is 1. The lowest BCUT2D eigenvalue weighted by Gasteiger charge is -2.61. The van der Waals surface area contributed by atoms with Gasteiger partial charge < -0.3 is 38.3 Å². The zero-order chi connectivity index (χ0) is 35.4. The van der Waals surface area contributed by atoms with Gasteiger partial charge in [0, 0.05) is 40.5 Å². The summed E-state index contributed by atoms with van der Waals surface area (Å²) in [6.45, 7) is 14.6. The monoisotopic (exact) mass is 686 g/mol. The van der Waals surface area contributed by atoms with Gasteiger partial charge in [0.1, 0.15) is 36.6 Å². The van der Waals surface area contributed by atoms with Gasteiger partial charge in [0.15, 0.2) is 17.3 Å². The molecule has 2 aliphatic carbocycles. The van der Waals surface area contributed by atoms with Gasteiger partial charge in [-0.05, 0) is 25.8 Å². The van der Waals surface area contributed by atoms with E-state index in [0.29, 0.717) is 6.42 Å². The van der Waals surface area contributed by atoms with E-state index in [1.165, 1.54) is 13.8 Å². The minimum absolute atomic E-state index is 0.0186. The van der Waals surface area contributed by atoms with Crippen molar-refractivity contribution in [2.45, 2.75) is 134 Å². The Labute approximate surface area is 277 Å². The number of carbonyl (C=O) groups excluding carboxylic acids is 6. The van der Waals surface area contributed by atoms with E-state index < -0.39 is 112 Å². The molecule has 4 fully saturated rings. The van der Waals surface area contributed by atoms with E-state index in [0.717, 1.165) is 27.7 Å². The molecule has 2 heterocycles. The van der Waals surface area contributed by atoms with Gasteiger partial charge in [0.25, 0.3) is 0 Å². The summed E-state index contributed by atoms with van der Waals surface area (Å²) in [5, 5.41) is 11.5. The van der Waals surface area contributed by atoms with E-state index >= 15 is 0 Å². The molecule has 47 heavy (non-hydrogen) atoms. The van der Waals surface area contributed by atoms with E-state index in [-0.39, 0.29) is 18.4 Å². The van der Waals surface area contributed by atoms with Crippen molar-refractivity contribution in [1.82, 2.24) is 0 Å². The molecule has 4 rings (SSSR count). The lowest BCUT2D eigenvalue weighted by Crippen LogP contribution is -2.76. The number of alkyl halides is 1. The number of fused-ring (bicyclic) bond motifs is 3. The molecule has 14 nitrogen and oxygen atoms in total. The molecule has 4 aliphatic rings. The number of hydrogen-bond acceptors (Lipinski definition) is 14. The number of aliphatic hydroxyl groups is 1. The van der Waals surface area contributed by atoms with Crippen LogP contribution in [0.3, 0.4) is 0 Å². The van der Waals surface area contributed by atoms with Gasteiger partial charge in [-0.15, -0.1) is 11.6 Å². The van der Waals surface area contributed by atoms with E-state index in [9.17, 15) is 33.9 Å². The van der Waals surface area contributed by atoms with Gasteiger partial charge in [0.05, 0.1) is 22.6 Å². The summed E-state index contributed by atoms with van der Waals surface area (Å²) >= 11 is 6.87. The van der Waals surface area contributed by atoms with Crippen molar-refractivity contribution in [3.05, 3.63) is 12.2 Å². The van der Waals surface area contributed by atoms with Crippen LogP contribution in [-0.4, -0.2) is 100 Å². The lowest BCUT2D eigenvalue weighted by atomic mass is 9.50. The van der Waals surface area contributed by atoms with Crippen LogP contribution in [0.5, 0.6) is 0 Å². The van der Waals surface area contributed by atoms with Gasteiger partial charge in [-0.1, -0.05) is 20.4 Å². The second kappa shape index (κ2) is 13.0. The van der Waals surface area contributed by atoms with Crippen LogP contribution >= 0.6 is 11.6 Å². The molecule has 1 N–H and O–H groups in total. The normalized spacial score (nSPS) is 42.3. The van der Waals surface area contributed by atoms with Gasteiger partial charge in [-0.25, -0.2) is 0 Å². The minimum Gasteiger partial charge on any atom is -0.462 e. The number of epoxide rings is 1. The first-order chi connectivity index (χ1) is 21.7. The molecule has 2 saturated carbocycles. The van der Waals surface area contributed by atoms with Crippen molar-refractivity contribution in [2.75, 3.05) is 0 Å². The van der Waals surface area contributed by atoms with Crippen molar-refractivity contribution in [3.8, 4) is 0 Å². The van der Waals surface area contributed by atoms with E-state index in [2.05, 4.69) is 6.58 Å². The van der Waals surface area contributed by atoms with Crippen molar-refractivity contribution in [3.63, 3.8) is 0 Å². The third-order valence-corrected chi connectivity index (χ3v) is 10.5. The maximum atomic E-state index is 13.3. The summed E-state index contributed by atoms with van der Waals surface area (Å²) in [5.74, 6) is -7.84. The molecule has 0 spiro atoms. The molecule has 0 amide bonds. The van der Waals surface area contributed by atoms with Gasteiger partial charge in [-0.3, -0.25) is 28.8 Å². The molecule has 2 saturated heterocycles. The summed E-state index contributed by atoms with van der Waals surface area (Å²) in [4.78, 5) is 77.7. The second-order valence-corrected chi connectivity index (χ2v) is 13.7. The van der Waals surface area contributed by atoms with Crippen LogP contribution in [0.25, 0.3) is 0 Å². The fourth-order valence-corrected chi connectivity index (χ4v) is 8.26. The van der Waals surface area contributed by atoms with Crippen LogP contribution in [0.2, 0.25) is 0 Å². The zero-order valence-electron chi connectivity index (χ0n) is 27.7. The first kappa shape index (κ1) is 36.6. The highest BCUT2D eigenvalue weighted by atomic mass is 35.5. The Morgan fingerprint density at radius 3 is 2.04 bits per heavy atom. The average Bonchev–Trinajstić information content (AvgIpc) is 3.70. The molecule has 0 unspecified atom stereocenters. The molecular weight excluding hydrogens is 644 g/mol. The molecule has 0 aromatic carbocycles. The lowest BCUT2D eigenvalue weighted by molar-refractivity contribution is -0.296. The number of esters is 6. The number of halogens is 1. The SMILES string of the molecule is C=C1[C@H]2O[C@H]2[C@@H](OC(C)=O)[C@@]2(C)[C@@H](OC(C)=O)C[C@@H](OC(=O)CCC)[C@@](C)(OC(C)=O)[C@@H]2[C@@H](OC(C)=O)[C@]2(O)[C@@H](C)C(=O)O[C@H]2[C@H]1Cl. The highest BCUT2D eigenvalue weighted by Gasteiger charge is 2.77. The first-order valence-corrected chi connectivity index (χ1v) is 16.0. The largest absolute Gasteiger partial charge is 0.462 e. The standard InChI is InChI=1S/C32H43ClO14/c1-10-11-21(38)44-20-12-19(41-15(4)34)30(8)25(31(20,9)47-18(7)37)28(43-17(6)36)32(40)14(3)29(39)46-26(32)22(33)13(2)23-24(45-23)27(30)42-16(5)35/h14,19-20,22-28,40H,2,10-12H2,1,3-9H3/t14-,19-,20+,22-,23+,24+,25+,26-,27+,28+,30-,31+,32-/m0/s1. The van der Waals surface area contributed by atoms with Gasteiger partial charge in [0.2, 0.25) is 0 Å². The molecule has 2 aliphatic heterocycles. The van der Waals surface area contributed by atoms with E-state index in [4.69, 9.17) is 44.8 Å². The Kier molecular flexibility index (Phi) is 10.1. The third kappa shape index (κ3) is 6.24. The smallest absolute Gasteiger partial charge is 0.312 e. The number of rotatable bonds is 7. The predicted octanol–water partition coefficient (Wildman–Crippen LogP) is 2.08. The Hall–Kier alpha value is -3.23. The summed E-state index contributed by atoms with van der Waals surface area (Å²) in [5.41, 5.74) is -6.06. The predicted molar refractivity (Wildman–Crippen MR) is 159 cm³/mol. The van der Waals surface area contributed by atoms with Crippen molar-refractivity contribution < 1.29 is 67.0 Å². The molecule has 13 atom stereocenters. The quantitative estimate of drug-likeness (QED) is 0.135. The van der Waals surface area contributed by atoms with Crippen molar-refractivity contribution in [1.29, 1.82) is 0 Å². The molecule has 262 valence electrons.